The van der Waals surface area contributed by atoms with Crippen LogP contribution in [0.4, 0.5) is 0 Å². The molecule has 3 heterocycles. The van der Waals surface area contributed by atoms with E-state index in [4.69, 9.17) is 0 Å². The Kier molecular flexibility index (Phi) is 2.64. The lowest BCUT2D eigenvalue weighted by Gasteiger charge is -2.19. The molecule has 0 spiro atoms. The van der Waals surface area contributed by atoms with Crippen molar-refractivity contribution in [3.05, 3.63) is 36.0 Å². The van der Waals surface area contributed by atoms with Crippen LogP contribution in [0.25, 0.3) is 10.9 Å². The number of nitrogens with one attached hydrogen (secondary N) is 1. The quantitative estimate of drug-likeness (QED) is 0.888. The smallest absolute Gasteiger partial charge is 0.0454 e. The number of aromatic amines is 1. The minimum Gasteiger partial charge on any atom is -0.361 e. The molecule has 0 aliphatic carbocycles. The number of rotatable bonds is 2. The molecule has 0 amide bonds. The van der Waals surface area contributed by atoms with Gasteiger partial charge < -0.3 is 9.88 Å². The summed E-state index contributed by atoms with van der Waals surface area (Å²) in [4.78, 5) is 8.38. The van der Waals surface area contributed by atoms with Gasteiger partial charge in [0.05, 0.1) is 0 Å². The average molecular weight is 255 g/mol. The van der Waals surface area contributed by atoms with E-state index in [9.17, 15) is 0 Å². The average Bonchev–Trinajstić information content (AvgIpc) is 3.02. The molecule has 1 N–H and O–H groups in total. The summed E-state index contributed by atoms with van der Waals surface area (Å²) in [5.41, 5.74) is 2.68. The molecule has 0 bridgehead atoms. The van der Waals surface area contributed by atoms with E-state index in [-0.39, 0.29) is 0 Å². The van der Waals surface area contributed by atoms with Gasteiger partial charge in [-0.3, -0.25) is 4.90 Å². The van der Waals surface area contributed by atoms with Gasteiger partial charge in [-0.05, 0) is 48.0 Å². The third kappa shape index (κ3) is 2.07. The highest BCUT2D eigenvalue weighted by Crippen LogP contribution is 2.31. The molecule has 100 valence electrons. The lowest BCUT2D eigenvalue weighted by Crippen LogP contribution is -2.26. The van der Waals surface area contributed by atoms with Gasteiger partial charge in [-0.25, -0.2) is 0 Å². The van der Waals surface area contributed by atoms with E-state index in [2.05, 4.69) is 46.1 Å². The maximum Gasteiger partial charge on any atom is 0.0454 e. The van der Waals surface area contributed by atoms with Crippen LogP contribution < -0.4 is 0 Å². The fourth-order valence-corrected chi connectivity index (χ4v) is 3.91. The Hall–Kier alpha value is -1.32. The van der Waals surface area contributed by atoms with Gasteiger partial charge in [0, 0.05) is 44.4 Å². The van der Waals surface area contributed by atoms with Crippen LogP contribution in [0.1, 0.15) is 5.56 Å². The molecule has 1 aromatic carbocycles. The first-order valence-electron chi connectivity index (χ1n) is 7.25. The first-order chi connectivity index (χ1) is 9.28. The summed E-state index contributed by atoms with van der Waals surface area (Å²) < 4.78 is 0. The van der Waals surface area contributed by atoms with Crippen molar-refractivity contribution in [2.45, 2.75) is 6.54 Å². The predicted molar refractivity (Wildman–Crippen MR) is 78.1 cm³/mol. The molecule has 3 heteroatoms. The van der Waals surface area contributed by atoms with Crippen molar-refractivity contribution in [3.63, 3.8) is 0 Å². The minimum absolute atomic E-state index is 0.904. The first-order valence-corrected chi connectivity index (χ1v) is 7.25. The Bertz CT molecular complexity index is 574. The highest BCUT2D eigenvalue weighted by molar-refractivity contribution is 5.79. The molecule has 2 atom stereocenters. The summed E-state index contributed by atoms with van der Waals surface area (Å²) >= 11 is 0. The Labute approximate surface area is 114 Å². The van der Waals surface area contributed by atoms with Crippen LogP contribution in [-0.2, 0) is 6.54 Å². The fourth-order valence-electron chi connectivity index (χ4n) is 3.91. The van der Waals surface area contributed by atoms with Gasteiger partial charge in [0.2, 0.25) is 0 Å². The van der Waals surface area contributed by atoms with Gasteiger partial charge >= 0.3 is 0 Å². The minimum atomic E-state index is 0.904. The summed E-state index contributed by atoms with van der Waals surface area (Å²) in [6.07, 6.45) is 2.02. The van der Waals surface area contributed by atoms with Gasteiger partial charge in [-0.1, -0.05) is 6.07 Å². The summed E-state index contributed by atoms with van der Waals surface area (Å²) in [5, 5.41) is 1.33. The van der Waals surface area contributed by atoms with E-state index >= 15 is 0 Å². The van der Waals surface area contributed by atoms with Crippen molar-refractivity contribution in [1.82, 2.24) is 14.8 Å². The van der Waals surface area contributed by atoms with Crippen LogP contribution in [0.3, 0.4) is 0 Å². The van der Waals surface area contributed by atoms with E-state index in [1.165, 1.54) is 42.6 Å². The Morgan fingerprint density at radius 1 is 1.11 bits per heavy atom. The molecular formula is C16H21N3. The number of hydrogen-bond acceptors (Lipinski definition) is 2. The van der Waals surface area contributed by atoms with E-state index < -0.39 is 0 Å². The van der Waals surface area contributed by atoms with E-state index in [0.29, 0.717) is 0 Å². The van der Waals surface area contributed by atoms with Crippen LogP contribution in [0, 0.1) is 11.8 Å². The molecule has 19 heavy (non-hydrogen) atoms. The van der Waals surface area contributed by atoms with E-state index in [1.54, 1.807) is 0 Å². The molecule has 3 nitrogen and oxygen atoms in total. The third-order valence-electron chi connectivity index (χ3n) is 4.77. The molecule has 2 aromatic rings. The second kappa shape index (κ2) is 4.36. The largest absolute Gasteiger partial charge is 0.361 e. The van der Waals surface area contributed by atoms with Gasteiger partial charge in [0.25, 0.3) is 0 Å². The van der Waals surface area contributed by atoms with Crippen LogP contribution in [0.5, 0.6) is 0 Å². The molecule has 4 rings (SSSR count). The predicted octanol–water partition coefficient (Wildman–Crippen LogP) is 2.16. The maximum atomic E-state index is 3.26. The van der Waals surface area contributed by atoms with Crippen molar-refractivity contribution >= 4 is 10.9 Å². The lowest BCUT2D eigenvalue weighted by molar-refractivity contribution is 0.272. The van der Waals surface area contributed by atoms with Gasteiger partial charge in [-0.15, -0.1) is 0 Å². The van der Waals surface area contributed by atoms with E-state index in [0.717, 1.165) is 18.4 Å². The van der Waals surface area contributed by atoms with Crippen LogP contribution in [0.15, 0.2) is 30.5 Å². The molecule has 2 aliphatic rings. The fraction of sp³-hybridized carbons (Fsp3) is 0.500. The van der Waals surface area contributed by atoms with Crippen LogP contribution in [0.2, 0.25) is 0 Å². The number of benzene rings is 1. The molecule has 0 radical (unpaired) electrons. The van der Waals surface area contributed by atoms with Gasteiger partial charge in [-0.2, -0.15) is 0 Å². The number of fused-ring (bicyclic) bond motifs is 2. The molecule has 2 fully saturated rings. The molecule has 1 aromatic heterocycles. The van der Waals surface area contributed by atoms with Crippen molar-refractivity contribution < 1.29 is 0 Å². The summed E-state index contributed by atoms with van der Waals surface area (Å²) in [5.74, 6) is 1.81. The lowest BCUT2D eigenvalue weighted by atomic mass is 10.0. The summed E-state index contributed by atoms with van der Waals surface area (Å²) in [6.45, 7) is 6.24. The Morgan fingerprint density at radius 2 is 1.89 bits per heavy atom. The highest BCUT2D eigenvalue weighted by Gasteiger charge is 2.38. The standard InChI is InChI=1S/C16H21N3/c1-18-8-14-10-19(11-15(14)9-18)7-12-2-3-16-13(6-12)4-5-17-16/h2-6,14-15,17H,7-11H2,1H3. The SMILES string of the molecule is CN1CC2CN(Cc3ccc4[nH]ccc4c3)CC2C1. The molecular weight excluding hydrogens is 234 g/mol. The van der Waals surface area contributed by atoms with Crippen molar-refractivity contribution in [2.75, 3.05) is 33.2 Å². The van der Waals surface area contributed by atoms with Crippen LogP contribution in [-0.4, -0.2) is 48.0 Å². The van der Waals surface area contributed by atoms with Gasteiger partial charge in [0.1, 0.15) is 0 Å². The number of H-pyrrole nitrogens is 1. The number of nitrogens with zero attached hydrogens (tertiary/aromatic N) is 2. The zero-order chi connectivity index (χ0) is 12.8. The number of hydrogen-bond donors (Lipinski definition) is 1. The maximum absolute atomic E-state index is 3.26. The van der Waals surface area contributed by atoms with E-state index in [1.807, 2.05) is 6.20 Å². The van der Waals surface area contributed by atoms with Crippen molar-refractivity contribution in [3.8, 4) is 0 Å². The summed E-state index contributed by atoms with van der Waals surface area (Å²) in [7, 11) is 2.25. The second-order valence-corrected chi connectivity index (χ2v) is 6.33. The van der Waals surface area contributed by atoms with Crippen molar-refractivity contribution in [2.24, 2.45) is 11.8 Å². The normalized spacial score (nSPS) is 28.3. The Morgan fingerprint density at radius 3 is 2.68 bits per heavy atom. The Balaban J connectivity index is 1.47. The highest BCUT2D eigenvalue weighted by atomic mass is 15.2. The monoisotopic (exact) mass is 255 g/mol. The molecule has 2 unspecified atom stereocenters. The summed E-state index contributed by atoms with van der Waals surface area (Å²) in [6, 6.07) is 8.95. The first kappa shape index (κ1) is 11.5. The molecule has 0 saturated carbocycles. The second-order valence-electron chi connectivity index (χ2n) is 6.33. The zero-order valence-corrected chi connectivity index (χ0v) is 11.5. The van der Waals surface area contributed by atoms with Crippen molar-refractivity contribution in [1.29, 1.82) is 0 Å². The number of likely N-dealkylation sites (tertiary alicyclic amines) is 2. The molecule has 2 aliphatic heterocycles. The zero-order valence-electron chi connectivity index (χ0n) is 11.5. The van der Waals surface area contributed by atoms with Crippen LogP contribution >= 0.6 is 0 Å². The number of aromatic nitrogens is 1. The molecule has 2 saturated heterocycles. The topological polar surface area (TPSA) is 22.3 Å². The van der Waals surface area contributed by atoms with Gasteiger partial charge in [0.15, 0.2) is 0 Å². The third-order valence-corrected chi connectivity index (χ3v) is 4.77.